The molecule has 5 nitrogen and oxygen atoms in total. The lowest BCUT2D eigenvalue weighted by Crippen LogP contribution is -2.45. The molecule has 0 saturated carbocycles. The fourth-order valence-corrected chi connectivity index (χ4v) is 1.62. The van der Waals surface area contributed by atoms with Gasteiger partial charge in [0.25, 0.3) is 5.91 Å². The molecule has 2 amide bonds. The molecule has 0 aliphatic carbocycles. The van der Waals surface area contributed by atoms with E-state index in [2.05, 4.69) is 0 Å². The molecule has 8 heteroatoms. The van der Waals surface area contributed by atoms with Gasteiger partial charge in [-0.15, -0.1) is 0 Å². The van der Waals surface area contributed by atoms with Gasteiger partial charge in [0.05, 0.1) is 0 Å². The molecule has 0 unspecified atom stereocenters. The summed E-state index contributed by atoms with van der Waals surface area (Å²) in [4.78, 5) is 33.7. The van der Waals surface area contributed by atoms with Gasteiger partial charge in [0, 0.05) is 18.6 Å². The van der Waals surface area contributed by atoms with E-state index >= 15 is 0 Å². The normalized spacial score (nSPS) is 11.8. The fourth-order valence-electron chi connectivity index (χ4n) is 1.62. The zero-order chi connectivity index (χ0) is 16.2. The molecule has 0 bridgehead atoms. The number of benzene rings is 1. The van der Waals surface area contributed by atoms with Crippen molar-refractivity contribution in [3.63, 3.8) is 0 Å². The quantitative estimate of drug-likeness (QED) is 0.823. The molecule has 0 aliphatic rings. The van der Waals surface area contributed by atoms with E-state index in [4.69, 9.17) is 5.73 Å². The summed E-state index contributed by atoms with van der Waals surface area (Å²) in [6.07, 6.45) is -0.136. The van der Waals surface area contributed by atoms with E-state index in [0.717, 1.165) is 0 Å². The minimum absolute atomic E-state index is 0.0394. The third kappa shape index (κ3) is 4.59. The highest BCUT2D eigenvalue weighted by molar-refractivity contribution is 5.97. The number of nitrogens with one attached hydrogen (secondary N) is 1. The Morgan fingerprint density at radius 3 is 2.14 bits per heavy atom. The second-order valence-corrected chi connectivity index (χ2v) is 4.41. The minimum Gasteiger partial charge on any atom is -0.368 e. The van der Waals surface area contributed by atoms with Crippen molar-refractivity contribution in [3.05, 3.63) is 35.1 Å². The highest BCUT2D eigenvalue weighted by atomic mass is 19.1. The summed E-state index contributed by atoms with van der Waals surface area (Å²) in [5, 5.41) is 2.02. The van der Waals surface area contributed by atoms with Crippen molar-refractivity contribution in [1.29, 1.82) is 0 Å². The van der Waals surface area contributed by atoms with Crippen LogP contribution in [0.3, 0.4) is 0 Å². The first kappa shape index (κ1) is 16.7. The first-order valence-electron chi connectivity index (χ1n) is 5.96. The maximum atomic E-state index is 13.4. The number of nitrogens with two attached hydrogens (primary N) is 1. The molecule has 0 aromatic heterocycles. The Balaban J connectivity index is 2.92. The van der Waals surface area contributed by atoms with E-state index in [0.29, 0.717) is 12.1 Å². The van der Waals surface area contributed by atoms with Crippen molar-refractivity contribution < 1.29 is 27.6 Å². The number of rotatable bonds is 6. The van der Waals surface area contributed by atoms with Crippen LogP contribution in [0.2, 0.25) is 0 Å². The number of primary amides is 1. The predicted molar refractivity (Wildman–Crippen MR) is 66.7 cm³/mol. The molecule has 1 atom stereocenters. The molecule has 0 saturated heterocycles. The van der Waals surface area contributed by atoms with Crippen LogP contribution in [-0.2, 0) is 9.59 Å². The van der Waals surface area contributed by atoms with Gasteiger partial charge in [-0.3, -0.25) is 9.59 Å². The van der Waals surface area contributed by atoms with E-state index in [9.17, 15) is 27.6 Å². The average molecular weight is 302 g/mol. The van der Waals surface area contributed by atoms with Gasteiger partial charge in [0.15, 0.2) is 0 Å². The van der Waals surface area contributed by atoms with Gasteiger partial charge in [0.1, 0.15) is 34.8 Å². The lowest BCUT2D eigenvalue weighted by Gasteiger charge is -2.15. The van der Waals surface area contributed by atoms with Gasteiger partial charge in [-0.1, -0.05) is 0 Å². The second-order valence-electron chi connectivity index (χ2n) is 4.41. The topological polar surface area (TPSA) is 89.3 Å². The van der Waals surface area contributed by atoms with E-state index in [1.165, 1.54) is 6.92 Å². The Morgan fingerprint density at radius 1 is 1.19 bits per heavy atom. The summed E-state index contributed by atoms with van der Waals surface area (Å²) in [7, 11) is 0. The number of hydrogen-bond acceptors (Lipinski definition) is 3. The number of carbonyl (C=O) groups excluding carboxylic acids is 3. The highest BCUT2D eigenvalue weighted by Crippen LogP contribution is 2.15. The van der Waals surface area contributed by atoms with E-state index in [1.807, 2.05) is 5.32 Å². The second kappa shape index (κ2) is 6.87. The van der Waals surface area contributed by atoms with Crippen LogP contribution in [0, 0.1) is 17.5 Å². The maximum Gasteiger partial charge on any atom is 0.257 e. The van der Waals surface area contributed by atoms with Crippen LogP contribution in [0.5, 0.6) is 0 Å². The third-order valence-electron chi connectivity index (χ3n) is 2.67. The van der Waals surface area contributed by atoms with Crippen molar-refractivity contribution >= 4 is 17.6 Å². The molecule has 1 aromatic carbocycles. The van der Waals surface area contributed by atoms with Crippen LogP contribution < -0.4 is 11.1 Å². The largest absolute Gasteiger partial charge is 0.368 e. The lowest BCUT2D eigenvalue weighted by molar-refractivity contribution is -0.120. The van der Waals surface area contributed by atoms with Crippen molar-refractivity contribution in [3.8, 4) is 0 Å². The van der Waals surface area contributed by atoms with Gasteiger partial charge in [-0.25, -0.2) is 13.2 Å². The monoisotopic (exact) mass is 302 g/mol. The standard InChI is InChI=1S/C13H13F3N2O3/c1-6(19)2-3-10(12(17)20)18-13(21)11-8(15)4-7(14)5-9(11)16/h4-5,10H,2-3H2,1H3,(H2,17,20)(H,18,21)/t10-/m1/s1. The lowest BCUT2D eigenvalue weighted by atomic mass is 10.1. The van der Waals surface area contributed by atoms with Crippen molar-refractivity contribution in [1.82, 2.24) is 5.32 Å². The number of halogens is 3. The highest BCUT2D eigenvalue weighted by Gasteiger charge is 2.24. The molecular formula is C13H13F3N2O3. The maximum absolute atomic E-state index is 13.4. The van der Waals surface area contributed by atoms with Gasteiger partial charge < -0.3 is 15.8 Å². The number of amides is 2. The molecule has 0 spiro atoms. The van der Waals surface area contributed by atoms with Gasteiger partial charge >= 0.3 is 0 Å². The molecule has 0 heterocycles. The Bertz CT molecular complexity index is 567. The first-order valence-corrected chi connectivity index (χ1v) is 5.96. The smallest absolute Gasteiger partial charge is 0.257 e. The van der Waals surface area contributed by atoms with E-state index in [-0.39, 0.29) is 18.6 Å². The number of ketones is 1. The van der Waals surface area contributed by atoms with Crippen molar-refractivity contribution in [2.24, 2.45) is 5.73 Å². The summed E-state index contributed by atoms with van der Waals surface area (Å²) >= 11 is 0. The Labute approximate surface area is 118 Å². The van der Waals surface area contributed by atoms with E-state index < -0.39 is 40.9 Å². The Kier molecular flexibility index (Phi) is 5.45. The molecule has 21 heavy (non-hydrogen) atoms. The van der Waals surface area contributed by atoms with Crippen LogP contribution >= 0.6 is 0 Å². The summed E-state index contributed by atoms with van der Waals surface area (Å²) in [5.41, 5.74) is 4.01. The van der Waals surface area contributed by atoms with Crippen LogP contribution in [0.25, 0.3) is 0 Å². The van der Waals surface area contributed by atoms with Crippen molar-refractivity contribution in [2.45, 2.75) is 25.8 Å². The molecule has 0 radical (unpaired) electrons. The number of carbonyl (C=O) groups is 3. The molecule has 1 rings (SSSR count). The minimum atomic E-state index is -1.40. The zero-order valence-corrected chi connectivity index (χ0v) is 11.1. The third-order valence-corrected chi connectivity index (χ3v) is 2.67. The molecule has 114 valence electrons. The molecule has 0 aliphatic heterocycles. The van der Waals surface area contributed by atoms with E-state index in [1.54, 1.807) is 0 Å². The average Bonchev–Trinajstić information content (AvgIpc) is 2.32. The molecule has 0 fully saturated rings. The van der Waals surface area contributed by atoms with Gasteiger partial charge in [0.2, 0.25) is 5.91 Å². The number of Topliss-reactive ketones (excluding diaryl/α,β-unsaturated/α-hetero) is 1. The summed E-state index contributed by atoms with van der Waals surface area (Å²) < 4.78 is 39.6. The molecule has 1 aromatic rings. The summed E-state index contributed by atoms with van der Waals surface area (Å²) in [6, 6.07) is -0.579. The Morgan fingerprint density at radius 2 is 1.71 bits per heavy atom. The van der Waals surface area contributed by atoms with Crippen LogP contribution in [0.15, 0.2) is 12.1 Å². The summed E-state index contributed by atoms with van der Waals surface area (Å²) in [6.45, 7) is 1.28. The van der Waals surface area contributed by atoms with Gasteiger partial charge in [-0.2, -0.15) is 0 Å². The van der Waals surface area contributed by atoms with Crippen LogP contribution in [0.4, 0.5) is 13.2 Å². The zero-order valence-electron chi connectivity index (χ0n) is 11.1. The van der Waals surface area contributed by atoms with Crippen LogP contribution in [0.1, 0.15) is 30.1 Å². The molecule has 3 N–H and O–H groups in total. The molecular weight excluding hydrogens is 289 g/mol. The first-order chi connectivity index (χ1) is 9.72. The summed E-state index contributed by atoms with van der Waals surface area (Å²) in [5.74, 6) is -6.43. The predicted octanol–water partition coefficient (Wildman–Crippen LogP) is 1.06. The van der Waals surface area contributed by atoms with Crippen molar-refractivity contribution in [2.75, 3.05) is 0 Å². The van der Waals surface area contributed by atoms with Crippen LogP contribution in [-0.4, -0.2) is 23.6 Å². The SMILES string of the molecule is CC(=O)CC[C@@H](NC(=O)c1c(F)cc(F)cc1F)C(N)=O. The van der Waals surface area contributed by atoms with Gasteiger partial charge in [-0.05, 0) is 13.3 Å². The Hall–Kier alpha value is -2.38. The fraction of sp³-hybridized carbons (Fsp3) is 0.308. The number of hydrogen-bond donors (Lipinski definition) is 2.